The fourth-order valence-electron chi connectivity index (χ4n) is 3.11. The van der Waals surface area contributed by atoms with Crippen LogP contribution < -0.4 is 5.32 Å². The lowest BCUT2D eigenvalue weighted by atomic mass is 9.95. The predicted octanol–water partition coefficient (Wildman–Crippen LogP) is 6.13. The molecule has 1 unspecified atom stereocenters. The summed E-state index contributed by atoms with van der Waals surface area (Å²) in [7, 11) is 0. The Balaban J connectivity index is 3.54. The van der Waals surface area contributed by atoms with Crippen molar-refractivity contribution in [3.05, 3.63) is 12.7 Å². The highest BCUT2D eigenvalue weighted by Crippen LogP contribution is 2.17. The van der Waals surface area contributed by atoms with Crippen LogP contribution in [0.5, 0.6) is 0 Å². The standard InChI is InChI=1S/C21H41NO2/c1-6-8-9-10-11-12-13-14-15-16-17-18-21(4,5)22-19(3)24-20(23)7-2/h7,19,22H,2,6,8-18H2,1,3-5H3. The zero-order valence-corrected chi connectivity index (χ0v) is 16.7. The number of carbonyl (C=O) groups is 1. The number of ether oxygens (including phenoxy) is 1. The average molecular weight is 340 g/mol. The predicted molar refractivity (Wildman–Crippen MR) is 104 cm³/mol. The van der Waals surface area contributed by atoms with E-state index < -0.39 is 0 Å². The molecular formula is C21H41NO2. The molecule has 0 bridgehead atoms. The van der Waals surface area contributed by atoms with Gasteiger partial charge in [0.15, 0.2) is 6.23 Å². The molecule has 24 heavy (non-hydrogen) atoms. The molecule has 0 heterocycles. The van der Waals surface area contributed by atoms with Gasteiger partial charge in [0.25, 0.3) is 0 Å². The molecule has 3 heteroatoms. The summed E-state index contributed by atoms with van der Waals surface area (Å²) in [6.45, 7) is 11.9. The van der Waals surface area contributed by atoms with Gasteiger partial charge in [-0.05, 0) is 27.2 Å². The van der Waals surface area contributed by atoms with Gasteiger partial charge in [0.2, 0.25) is 0 Å². The average Bonchev–Trinajstić information content (AvgIpc) is 2.51. The molecule has 0 fully saturated rings. The lowest BCUT2D eigenvalue weighted by molar-refractivity contribution is -0.144. The molecule has 0 aromatic carbocycles. The van der Waals surface area contributed by atoms with Crippen LogP contribution >= 0.6 is 0 Å². The first-order chi connectivity index (χ1) is 11.4. The van der Waals surface area contributed by atoms with E-state index in [-0.39, 0.29) is 17.7 Å². The van der Waals surface area contributed by atoms with Gasteiger partial charge in [-0.3, -0.25) is 5.32 Å². The number of esters is 1. The third-order valence-electron chi connectivity index (χ3n) is 4.46. The van der Waals surface area contributed by atoms with E-state index in [4.69, 9.17) is 4.74 Å². The van der Waals surface area contributed by atoms with Gasteiger partial charge in [0, 0.05) is 11.6 Å². The molecule has 0 radical (unpaired) electrons. The van der Waals surface area contributed by atoms with Crippen LogP contribution in [0.15, 0.2) is 12.7 Å². The van der Waals surface area contributed by atoms with Crippen molar-refractivity contribution < 1.29 is 9.53 Å². The second-order valence-electron chi connectivity index (χ2n) is 7.60. The van der Waals surface area contributed by atoms with Crippen LogP contribution in [-0.4, -0.2) is 17.7 Å². The van der Waals surface area contributed by atoms with Crippen LogP contribution in [0.4, 0.5) is 0 Å². The van der Waals surface area contributed by atoms with Crippen LogP contribution in [-0.2, 0) is 9.53 Å². The van der Waals surface area contributed by atoms with Crippen LogP contribution in [0.25, 0.3) is 0 Å². The molecule has 0 aromatic heterocycles. The highest BCUT2D eigenvalue weighted by Gasteiger charge is 2.20. The van der Waals surface area contributed by atoms with Crippen molar-refractivity contribution in [2.75, 3.05) is 0 Å². The van der Waals surface area contributed by atoms with Crippen LogP contribution in [0.1, 0.15) is 105 Å². The monoisotopic (exact) mass is 339 g/mol. The molecule has 1 atom stereocenters. The summed E-state index contributed by atoms with van der Waals surface area (Å²) in [5.41, 5.74) is -0.0137. The summed E-state index contributed by atoms with van der Waals surface area (Å²) in [4.78, 5) is 11.2. The van der Waals surface area contributed by atoms with Crippen LogP contribution in [0.2, 0.25) is 0 Å². The Morgan fingerprint density at radius 3 is 1.92 bits per heavy atom. The Morgan fingerprint density at radius 1 is 1.00 bits per heavy atom. The lowest BCUT2D eigenvalue weighted by Gasteiger charge is -2.30. The number of unbranched alkanes of at least 4 members (excludes halogenated alkanes) is 10. The van der Waals surface area contributed by atoms with E-state index in [1.807, 2.05) is 6.92 Å². The van der Waals surface area contributed by atoms with Gasteiger partial charge >= 0.3 is 5.97 Å². The van der Waals surface area contributed by atoms with Crippen molar-refractivity contribution in [2.45, 2.75) is 117 Å². The van der Waals surface area contributed by atoms with Gasteiger partial charge in [0.05, 0.1) is 0 Å². The minimum Gasteiger partial charge on any atom is -0.444 e. The van der Waals surface area contributed by atoms with E-state index in [0.717, 1.165) is 6.42 Å². The third kappa shape index (κ3) is 14.7. The molecule has 0 aromatic rings. The SMILES string of the molecule is C=CC(=O)OC(C)NC(C)(C)CCCCCCCCCCCCC. The molecule has 0 aliphatic rings. The van der Waals surface area contributed by atoms with Crippen molar-refractivity contribution in [3.8, 4) is 0 Å². The van der Waals surface area contributed by atoms with Crippen molar-refractivity contribution in [1.82, 2.24) is 5.32 Å². The molecule has 0 aliphatic carbocycles. The Morgan fingerprint density at radius 2 is 1.46 bits per heavy atom. The molecule has 0 amide bonds. The summed E-state index contributed by atoms with van der Waals surface area (Å²) in [5.74, 6) is -0.375. The van der Waals surface area contributed by atoms with Crippen LogP contribution in [0, 0.1) is 0 Å². The van der Waals surface area contributed by atoms with Gasteiger partial charge < -0.3 is 4.74 Å². The minimum atomic E-state index is -0.375. The fraction of sp³-hybridized carbons (Fsp3) is 0.857. The first kappa shape index (κ1) is 23.2. The maximum absolute atomic E-state index is 11.2. The minimum absolute atomic E-state index is 0.0137. The maximum atomic E-state index is 11.2. The van der Waals surface area contributed by atoms with E-state index in [9.17, 15) is 4.79 Å². The van der Waals surface area contributed by atoms with E-state index in [1.165, 1.54) is 76.7 Å². The fourth-order valence-corrected chi connectivity index (χ4v) is 3.11. The number of hydrogen-bond donors (Lipinski definition) is 1. The highest BCUT2D eigenvalue weighted by molar-refractivity contribution is 5.81. The molecule has 142 valence electrons. The lowest BCUT2D eigenvalue weighted by Crippen LogP contribution is -2.46. The molecule has 0 spiro atoms. The third-order valence-corrected chi connectivity index (χ3v) is 4.46. The zero-order valence-electron chi connectivity index (χ0n) is 16.7. The van der Waals surface area contributed by atoms with Crippen molar-refractivity contribution >= 4 is 5.97 Å². The van der Waals surface area contributed by atoms with Crippen molar-refractivity contribution in [2.24, 2.45) is 0 Å². The van der Waals surface area contributed by atoms with Gasteiger partial charge in [-0.25, -0.2) is 4.79 Å². The molecule has 3 nitrogen and oxygen atoms in total. The van der Waals surface area contributed by atoms with E-state index >= 15 is 0 Å². The van der Waals surface area contributed by atoms with Gasteiger partial charge in [-0.1, -0.05) is 84.1 Å². The summed E-state index contributed by atoms with van der Waals surface area (Å²) in [6.07, 6.45) is 17.0. The van der Waals surface area contributed by atoms with Gasteiger partial charge in [0.1, 0.15) is 0 Å². The Hall–Kier alpha value is -0.830. The second kappa shape index (κ2) is 14.5. The second-order valence-corrected chi connectivity index (χ2v) is 7.60. The highest BCUT2D eigenvalue weighted by atomic mass is 16.6. The number of rotatable bonds is 16. The first-order valence-electron chi connectivity index (χ1n) is 10.0. The number of carbonyl (C=O) groups excluding carboxylic acids is 1. The van der Waals surface area contributed by atoms with E-state index in [1.54, 1.807) is 0 Å². The largest absolute Gasteiger partial charge is 0.444 e. The molecule has 0 saturated heterocycles. The van der Waals surface area contributed by atoms with Gasteiger partial charge in [-0.2, -0.15) is 0 Å². The maximum Gasteiger partial charge on any atom is 0.331 e. The summed E-state index contributed by atoms with van der Waals surface area (Å²) in [6, 6.07) is 0. The number of nitrogens with one attached hydrogen (secondary N) is 1. The topological polar surface area (TPSA) is 38.3 Å². The number of hydrogen-bond acceptors (Lipinski definition) is 3. The zero-order chi connectivity index (χ0) is 18.3. The van der Waals surface area contributed by atoms with E-state index in [2.05, 4.69) is 32.7 Å². The van der Waals surface area contributed by atoms with E-state index in [0.29, 0.717) is 0 Å². The normalized spacial score (nSPS) is 12.8. The Bertz CT molecular complexity index is 326. The quantitative estimate of drug-likeness (QED) is 0.159. The Labute approximate surface area is 150 Å². The molecule has 0 aliphatic heterocycles. The summed E-state index contributed by atoms with van der Waals surface area (Å²) >= 11 is 0. The summed E-state index contributed by atoms with van der Waals surface area (Å²) in [5, 5.41) is 3.37. The van der Waals surface area contributed by atoms with Crippen LogP contribution in [0.3, 0.4) is 0 Å². The smallest absolute Gasteiger partial charge is 0.331 e. The molecule has 0 rings (SSSR count). The molecule has 0 saturated carbocycles. The van der Waals surface area contributed by atoms with Gasteiger partial charge in [-0.15, -0.1) is 0 Å². The van der Waals surface area contributed by atoms with Crippen molar-refractivity contribution in [1.29, 1.82) is 0 Å². The first-order valence-corrected chi connectivity index (χ1v) is 10.0. The molecular weight excluding hydrogens is 298 g/mol. The molecule has 1 N–H and O–H groups in total. The summed E-state index contributed by atoms with van der Waals surface area (Å²) < 4.78 is 5.17. The Kier molecular flexibility index (Phi) is 14.0. The van der Waals surface area contributed by atoms with Crippen molar-refractivity contribution in [3.63, 3.8) is 0 Å².